The highest BCUT2D eigenvalue weighted by atomic mass is 32.2. The van der Waals surface area contributed by atoms with Crippen LogP contribution in [0.3, 0.4) is 0 Å². The maximum absolute atomic E-state index is 5.80. The molecule has 1 aromatic carbocycles. The van der Waals surface area contributed by atoms with E-state index in [1.54, 1.807) is 18.0 Å². The highest BCUT2D eigenvalue weighted by Crippen LogP contribution is 2.19. The molecule has 1 aromatic heterocycles. The molecule has 4 nitrogen and oxygen atoms in total. The van der Waals surface area contributed by atoms with Crippen LogP contribution in [0.4, 0.5) is 11.8 Å². The van der Waals surface area contributed by atoms with Crippen molar-refractivity contribution in [3.8, 4) is 0 Å². The Balaban J connectivity index is 2.25. The molecular formula is C12H14N4S. The molecule has 0 aliphatic heterocycles. The third-order valence-electron chi connectivity index (χ3n) is 2.45. The van der Waals surface area contributed by atoms with E-state index in [1.165, 1.54) is 10.5 Å². The number of rotatable bonds is 3. The van der Waals surface area contributed by atoms with Gasteiger partial charge in [-0.3, -0.25) is 0 Å². The Morgan fingerprint density at radius 1 is 1.29 bits per heavy atom. The lowest BCUT2D eigenvalue weighted by Gasteiger charge is -2.06. The van der Waals surface area contributed by atoms with Crippen molar-refractivity contribution in [2.75, 3.05) is 17.7 Å². The van der Waals surface area contributed by atoms with E-state index >= 15 is 0 Å². The minimum absolute atomic E-state index is 0.212. The Hall–Kier alpha value is -1.75. The Kier molecular flexibility index (Phi) is 3.49. The van der Waals surface area contributed by atoms with Crippen molar-refractivity contribution in [1.29, 1.82) is 0 Å². The molecule has 4 N–H and O–H groups in total. The van der Waals surface area contributed by atoms with Crippen LogP contribution in [-0.4, -0.2) is 16.2 Å². The number of thioether (sulfide) groups is 1. The molecule has 2 aromatic rings. The van der Waals surface area contributed by atoms with Gasteiger partial charge in [0.15, 0.2) is 0 Å². The SMILES string of the molecule is CSc1cccc(Cc2cnc(N)nc2N)c1. The van der Waals surface area contributed by atoms with Gasteiger partial charge in [0, 0.05) is 23.1 Å². The number of nitrogen functional groups attached to an aromatic ring is 2. The van der Waals surface area contributed by atoms with E-state index < -0.39 is 0 Å². The van der Waals surface area contributed by atoms with Crippen molar-refractivity contribution in [3.05, 3.63) is 41.6 Å². The second-order valence-electron chi connectivity index (χ2n) is 3.67. The zero-order valence-electron chi connectivity index (χ0n) is 9.55. The monoisotopic (exact) mass is 246 g/mol. The van der Waals surface area contributed by atoms with Gasteiger partial charge in [-0.15, -0.1) is 11.8 Å². The van der Waals surface area contributed by atoms with Gasteiger partial charge in [-0.1, -0.05) is 12.1 Å². The van der Waals surface area contributed by atoms with Crippen molar-refractivity contribution in [2.24, 2.45) is 0 Å². The summed E-state index contributed by atoms with van der Waals surface area (Å²) in [5.74, 6) is 0.663. The normalized spacial score (nSPS) is 10.4. The molecule has 5 heteroatoms. The van der Waals surface area contributed by atoms with Gasteiger partial charge in [-0.2, -0.15) is 4.98 Å². The molecule has 0 saturated carbocycles. The van der Waals surface area contributed by atoms with Crippen LogP contribution in [0.5, 0.6) is 0 Å². The lowest BCUT2D eigenvalue weighted by molar-refractivity contribution is 1.09. The summed E-state index contributed by atoms with van der Waals surface area (Å²) in [5.41, 5.74) is 13.4. The van der Waals surface area contributed by atoms with Crippen LogP contribution >= 0.6 is 11.8 Å². The highest BCUT2D eigenvalue weighted by Gasteiger charge is 2.04. The smallest absolute Gasteiger partial charge is 0.221 e. The number of anilines is 2. The fraction of sp³-hybridized carbons (Fsp3) is 0.167. The van der Waals surface area contributed by atoms with Gasteiger partial charge in [0.05, 0.1) is 0 Å². The average Bonchev–Trinajstić information content (AvgIpc) is 2.33. The molecule has 1 heterocycles. The van der Waals surface area contributed by atoms with Crippen molar-refractivity contribution in [3.63, 3.8) is 0 Å². The highest BCUT2D eigenvalue weighted by molar-refractivity contribution is 7.98. The summed E-state index contributed by atoms with van der Waals surface area (Å²) >= 11 is 1.72. The Bertz CT molecular complexity index is 528. The maximum Gasteiger partial charge on any atom is 0.221 e. The third-order valence-corrected chi connectivity index (χ3v) is 3.17. The summed E-state index contributed by atoms with van der Waals surface area (Å²) < 4.78 is 0. The van der Waals surface area contributed by atoms with E-state index in [9.17, 15) is 0 Å². The lowest BCUT2D eigenvalue weighted by atomic mass is 10.1. The Morgan fingerprint density at radius 3 is 2.82 bits per heavy atom. The second kappa shape index (κ2) is 5.05. The summed E-state index contributed by atoms with van der Waals surface area (Å²) in [6, 6.07) is 8.32. The topological polar surface area (TPSA) is 77.8 Å². The number of hydrogen-bond donors (Lipinski definition) is 2. The van der Waals surface area contributed by atoms with Gasteiger partial charge >= 0.3 is 0 Å². The number of hydrogen-bond acceptors (Lipinski definition) is 5. The quantitative estimate of drug-likeness (QED) is 0.809. The van der Waals surface area contributed by atoms with E-state index in [2.05, 4.69) is 34.4 Å². The first-order chi connectivity index (χ1) is 8.19. The first-order valence-electron chi connectivity index (χ1n) is 5.19. The zero-order chi connectivity index (χ0) is 12.3. The molecule has 0 spiro atoms. The maximum atomic E-state index is 5.80. The van der Waals surface area contributed by atoms with Crippen LogP contribution in [0.1, 0.15) is 11.1 Å². The molecule has 0 saturated heterocycles. The predicted octanol–water partition coefficient (Wildman–Crippen LogP) is 1.95. The molecule has 2 rings (SSSR count). The van der Waals surface area contributed by atoms with Crippen LogP contribution < -0.4 is 11.5 Å². The van der Waals surface area contributed by atoms with Crippen LogP contribution in [-0.2, 0) is 6.42 Å². The lowest BCUT2D eigenvalue weighted by Crippen LogP contribution is -2.04. The standard InChI is InChI=1S/C12H14N4S/c1-17-10-4-2-3-8(6-10)5-9-7-15-12(14)16-11(9)13/h2-4,6-7H,5H2,1H3,(H4,13,14,15,16). The summed E-state index contributed by atoms with van der Waals surface area (Å²) in [6.45, 7) is 0. The van der Waals surface area contributed by atoms with Crippen molar-refractivity contribution < 1.29 is 0 Å². The number of nitrogens with two attached hydrogens (primary N) is 2. The first-order valence-corrected chi connectivity index (χ1v) is 6.41. The van der Waals surface area contributed by atoms with E-state index in [4.69, 9.17) is 11.5 Å². The first kappa shape index (κ1) is 11.7. The average molecular weight is 246 g/mol. The summed E-state index contributed by atoms with van der Waals surface area (Å²) in [4.78, 5) is 9.15. The van der Waals surface area contributed by atoms with Gasteiger partial charge in [-0.05, 0) is 24.0 Å². The predicted molar refractivity (Wildman–Crippen MR) is 71.9 cm³/mol. The Labute approximate surface area is 104 Å². The zero-order valence-corrected chi connectivity index (χ0v) is 10.4. The van der Waals surface area contributed by atoms with Gasteiger partial charge < -0.3 is 11.5 Å². The van der Waals surface area contributed by atoms with Gasteiger partial charge in [-0.25, -0.2) is 4.98 Å². The van der Waals surface area contributed by atoms with Crippen LogP contribution in [0.15, 0.2) is 35.4 Å². The van der Waals surface area contributed by atoms with Crippen molar-refractivity contribution in [2.45, 2.75) is 11.3 Å². The van der Waals surface area contributed by atoms with E-state index in [-0.39, 0.29) is 5.95 Å². The molecule has 88 valence electrons. The number of aromatic nitrogens is 2. The van der Waals surface area contributed by atoms with E-state index in [0.29, 0.717) is 5.82 Å². The van der Waals surface area contributed by atoms with E-state index in [0.717, 1.165) is 12.0 Å². The Morgan fingerprint density at radius 2 is 2.12 bits per heavy atom. The molecule has 0 unspecified atom stereocenters. The van der Waals surface area contributed by atoms with Gasteiger partial charge in [0.25, 0.3) is 0 Å². The van der Waals surface area contributed by atoms with Crippen LogP contribution in [0.2, 0.25) is 0 Å². The van der Waals surface area contributed by atoms with E-state index in [1.807, 2.05) is 6.07 Å². The van der Waals surface area contributed by atoms with Crippen LogP contribution in [0, 0.1) is 0 Å². The van der Waals surface area contributed by atoms with Gasteiger partial charge in [0.2, 0.25) is 5.95 Å². The third kappa shape index (κ3) is 2.88. The molecule has 0 bridgehead atoms. The largest absolute Gasteiger partial charge is 0.383 e. The minimum Gasteiger partial charge on any atom is -0.383 e. The molecule has 0 aliphatic carbocycles. The summed E-state index contributed by atoms with van der Waals surface area (Å²) in [5, 5.41) is 0. The van der Waals surface area contributed by atoms with Crippen molar-refractivity contribution in [1.82, 2.24) is 9.97 Å². The summed E-state index contributed by atoms with van der Waals surface area (Å²) in [6.07, 6.45) is 4.46. The van der Waals surface area contributed by atoms with Crippen LogP contribution in [0.25, 0.3) is 0 Å². The number of nitrogens with zero attached hydrogens (tertiary/aromatic N) is 2. The molecule has 0 aliphatic rings. The summed E-state index contributed by atoms with van der Waals surface area (Å²) in [7, 11) is 0. The molecule has 0 radical (unpaired) electrons. The second-order valence-corrected chi connectivity index (χ2v) is 4.55. The molecule has 17 heavy (non-hydrogen) atoms. The molecule has 0 fully saturated rings. The fourth-order valence-corrected chi connectivity index (χ4v) is 2.06. The molecule has 0 atom stereocenters. The fourth-order valence-electron chi connectivity index (χ4n) is 1.57. The van der Waals surface area contributed by atoms with Crippen molar-refractivity contribution >= 4 is 23.5 Å². The molecular weight excluding hydrogens is 232 g/mol. The molecule has 0 amide bonds. The van der Waals surface area contributed by atoms with Gasteiger partial charge in [0.1, 0.15) is 5.82 Å². The minimum atomic E-state index is 0.212. The number of benzene rings is 1.